The van der Waals surface area contributed by atoms with Crippen molar-refractivity contribution in [3.8, 4) is 0 Å². The van der Waals surface area contributed by atoms with E-state index in [1.807, 2.05) is 37.3 Å². The number of carbonyl (C=O) groups excluding carboxylic acids is 1. The van der Waals surface area contributed by atoms with E-state index in [1.165, 1.54) is 0 Å². The Labute approximate surface area is 130 Å². The highest BCUT2D eigenvalue weighted by atomic mass is 79.9. The van der Waals surface area contributed by atoms with E-state index in [0.717, 1.165) is 22.0 Å². The van der Waals surface area contributed by atoms with Crippen LogP contribution in [0.15, 0.2) is 51.4 Å². The second-order valence-corrected chi connectivity index (χ2v) is 5.52. The molecule has 0 saturated carbocycles. The topological polar surface area (TPSA) is 55.1 Å². The quantitative estimate of drug-likeness (QED) is 0.765. The number of halogens is 1. The molecule has 2 aromatic carbocycles. The maximum Gasteiger partial charge on any atom is 0.255 e. The fourth-order valence-electron chi connectivity index (χ4n) is 2.04. The van der Waals surface area contributed by atoms with Crippen LogP contribution in [0.4, 0.5) is 5.69 Å². The van der Waals surface area contributed by atoms with E-state index in [2.05, 4.69) is 26.2 Å². The number of anilines is 1. The van der Waals surface area contributed by atoms with Crippen molar-refractivity contribution in [2.24, 2.45) is 0 Å². The number of aromatic nitrogens is 1. The molecule has 3 aromatic rings. The number of aryl methyl sites for hydroxylation is 1. The van der Waals surface area contributed by atoms with Gasteiger partial charge in [-0.05, 0) is 36.4 Å². The van der Waals surface area contributed by atoms with Crippen LogP contribution >= 0.6 is 15.9 Å². The standard InChI is InChI=1S/C16H13BrN2O2/c1-2-15-19-13-9-12(6-7-14(13)21-15)18-16(20)10-4-3-5-11(17)8-10/h3-9H,2H2,1H3,(H,18,20). The predicted molar refractivity (Wildman–Crippen MR) is 85.5 cm³/mol. The predicted octanol–water partition coefficient (Wildman–Crippen LogP) is 4.41. The number of oxazole rings is 1. The smallest absolute Gasteiger partial charge is 0.255 e. The fraction of sp³-hybridized carbons (Fsp3) is 0.125. The zero-order valence-corrected chi connectivity index (χ0v) is 13.0. The van der Waals surface area contributed by atoms with Crippen LogP contribution < -0.4 is 5.32 Å². The second kappa shape index (κ2) is 5.69. The summed E-state index contributed by atoms with van der Waals surface area (Å²) in [6.45, 7) is 1.99. The van der Waals surface area contributed by atoms with Gasteiger partial charge in [0.25, 0.3) is 5.91 Å². The van der Waals surface area contributed by atoms with Crippen molar-refractivity contribution >= 4 is 38.6 Å². The number of nitrogens with one attached hydrogen (secondary N) is 1. The molecule has 0 aliphatic carbocycles. The lowest BCUT2D eigenvalue weighted by molar-refractivity contribution is 0.102. The fourth-order valence-corrected chi connectivity index (χ4v) is 2.44. The van der Waals surface area contributed by atoms with Crippen molar-refractivity contribution in [3.05, 3.63) is 58.4 Å². The zero-order chi connectivity index (χ0) is 14.8. The molecule has 106 valence electrons. The normalized spacial score (nSPS) is 10.8. The molecule has 1 heterocycles. The maximum absolute atomic E-state index is 12.2. The summed E-state index contributed by atoms with van der Waals surface area (Å²) in [6.07, 6.45) is 0.744. The lowest BCUT2D eigenvalue weighted by Crippen LogP contribution is -2.11. The number of fused-ring (bicyclic) bond motifs is 1. The van der Waals surface area contributed by atoms with Crippen LogP contribution in [0.2, 0.25) is 0 Å². The number of nitrogens with zero attached hydrogens (tertiary/aromatic N) is 1. The van der Waals surface area contributed by atoms with Crippen molar-refractivity contribution in [1.82, 2.24) is 4.98 Å². The minimum absolute atomic E-state index is 0.158. The first-order chi connectivity index (χ1) is 10.2. The van der Waals surface area contributed by atoms with Crippen LogP contribution in [0.1, 0.15) is 23.2 Å². The van der Waals surface area contributed by atoms with E-state index >= 15 is 0 Å². The third-order valence-electron chi connectivity index (χ3n) is 3.08. The van der Waals surface area contributed by atoms with E-state index in [9.17, 15) is 4.79 Å². The Morgan fingerprint density at radius 3 is 2.90 bits per heavy atom. The minimum atomic E-state index is -0.158. The Balaban J connectivity index is 1.85. The number of amides is 1. The summed E-state index contributed by atoms with van der Waals surface area (Å²) in [4.78, 5) is 16.5. The zero-order valence-electron chi connectivity index (χ0n) is 11.4. The highest BCUT2D eigenvalue weighted by molar-refractivity contribution is 9.10. The number of benzene rings is 2. The molecule has 4 nitrogen and oxygen atoms in total. The molecular formula is C16H13BrN2O2. The van der Waals surface area contributed by atoms with E-state index in [4.69, 9.17) is 4.42 Å². The van der Waals surface area contributed by atoms with E-state index < -0.39 is 0 Å². The first kappa shape index (κ1) is 13.8. The number of carbonyl (C=O) groups is 1. The van der Waals surface area contributed by atoms with Gasteiger partial charge in [0.2, 0.25) is 0 Å². The highest BCUT2D eigenvalue weighted by Gasteiger charge is 2.09. The van der Waals surface area contributed by atoms with Crippen molar-refractivity contribution < 1.29 is 9.21 Å². The van der Waals surface area contributed by atoms with Gasteiger partial charge in [-0.1, -0.05) is 28.9 Å². The second-order valence-electron chi connectivity index (χ2n) is 4.61. The van der Waals surface area contributed by atoms with Crippen LogP contribution in [0.25, 0.3) is 11.1 Å². The van der Waals surface area contributed by atoms with Gasteiger partial charge in [0.05, 0.1) is 0 Å². The lowest BCUT2D eigenvalue weighted by atomic mass is 10.2. The lowest BCUT2D eigenvalue weighted by Gasteiger charge is -2.05. The van der Waals surface area contributed by atoms with Crippen molar-refractivity contribution in [3.63, 3.8) is 0 Å². The molecule has 0 aliphatic heterocycles. The summed E-state index contributed by atoms with van der Waals surface area (Å²) in [6, 6.07) is 12.7. The van der Waals surface area contributed by atoms with Gasteiger partial charge in [0.15, 0.2) is 11.5 Å². The number of hydrogen-bond acceptors (Lipinski definition) is 3. The van der Waals surface area contributed by atoms with Gasteiger partial charge in [-0.25, -0.2) is 4.98 Å². The van der Waals surface area contributed by atoms with Gasteiger partial charge in [0.1, 0.15) is 5.52 Å². The molecule has 1 amide bonds. The first-order valence-corrected chi connectivity index (χ1v) is 7.41. The van der Waals surface area contributed by atoms with Crippen LogP contribution in [-0.2, 0) is 6.42 Å². The summed E-state index contributed by atoms with van der Waals surface area (Å²) in [5.74, 6) is 0.537. The molecule has 0 radical (unpaired) electrons. The average Bonchev–Trinajstić information content (AvgIpc) is 2.89. The molecular weight excluding hydrogens is 332 g/mol. The van der Waals surface area contributed by atoms with Crippen LogP contribution in [0.3, 0.4) is 0 Å². The van der Waals surface area contributed by atoms with E-state index in [1.54, 1.807) is 12.1 Å². The molecule has 3 rings (SSSR count). The Morgan fingerprint density at radius 2 is 2.14 bits per heavy atom. The Hall–Kier alpha value is -2.14. The highest BCUT2D eigenvalue weighted by Crippen LogP contribution is 2.21. The summed E-state index contributed by atoms with van der Waals surface area (Å²) in [5, 5.41) is 2.86. The molecule has 0 spiro atoms. The Morgan fingerprint density at radius 1 is 1.29 bits per heavy atom. The Kier molecular flexibility index (Phi) is 3.75. The van der Waals surface area contributed by atoms with Crippen LogP contribution in [0, 0.1) is 0 Å². The monoisotopic (exact) mass is 344 g/mol. The van der Waals surface area contributed by atoms with Gasteiger partial charge in [-0.3, -0.25) is 4.79 Å². The largest absolute Gasteiger partial charge is 0.441 e. The minimum Gasteiger partial charge on any atom is -0.441 e. The molecule has 1 aromatic heterocycles. The van der Waals surface area contributed by atoms with Crippen molar-refractivity contribution in [1.29, 1.82) is 0 Å². The van der Waals surface area contributed by atoms with E-state index in [0.29, 0.717) is 17.1 Å². The van der Waals surface area contributed by atoms with Crippen molar-refractivity contribution in [2.75, 3.05) is 5.32 Å². The summed E-state index contributed by atoms with van der Waals surface area (Å²) < 4.78 is 6.42. The van der Waals surface area contributed by atoms with Crippen LogP contribution in [-0.4, -0.2) is 10.9 Å². The first-order valence-electron chi connectivity index (χ1n) is 6.62. The van der Waals surface area contributed by atoms with Gasteiger partial charge in [-0.2, -0.15) is 0 Å². The van der Waals surface area contributed by atoms with Gasteiger partial charge in [0, 0.05) is 22.1 Å². The van der Waals surface area contributed by atoms with Gasteiger partial charge < -0.3 is 9.73 Å². The molecule has 0 bridgehead atoms. The summed E-state index contributed by atoms with van der Waals surface area (Å²) in [7, 11) is 0. The SMILES string of the molecule is CCc1nc2cc(NC(=O)c3cccc(Br)c3)ccc2o1. The molecule has 0 fully saturated rings. The molecule has 0 atom stereocenters. The molecule has 5 heteroatoms. The third-order valence-corrected chi connectivity index (χ3v) is 3.57. The average molecular weight is 345 g/mol. The van der Waals surface area contributed by atoms with Gasteiger partial charge >= 0.3 is 0 Å². The van der Waals surface area contributed by atoms with Crippen LogP contribution in [0.5, 0.6) is 0 Å². The van der Waals surface area contributed by atoms with E-state index in [-0.39, 0.29) is 5.91 Å². The maximum atomic E-state index is 12.2. The number of rotatable bonds is 3. The molecule has 0 saturated heterocycles. The molecule has 1 N–H and O–H groups in total. The molecule has 0 unspecified atom stereocenters. The molecule has 0 aliphatic rings. The molecule has 21 heavy (non-hydrogen) atoms. The van der Waals surface area contributed by atoms with Gasteiger partial charge in [-0.15, -0.1) is 0 Å². The third kappa shape index (κ3) is 2.97. The number of hydrogen-bond donors (Lipinski definition) is 1. The Bertz CT molecular complexity index is 811. The van der Waals surface area contributed by atoms with Crippen molar-refractivity contribution in [2.45, 2.75) is 13.3 Å². The summed E-state index contributed by atoms with van der Waals surface area (Å²) in [5.41, 5.74) is 2.77. The summed E-state index contributed by atoms with van der Waals surface area (Å²) >= 11 is 3.36.